The summed E-state index contributed by atoms with van der Waals surface area (Å²) in [4.78, 5) is 27.1. The molecule has 0 saturated carbocycles. The number of hydrogen-bond donors (Lipinski definition) is 2. The van der Waals surface area contributed by atoms with E-state index in [1.807, 2.05) is 4.98 Å². The molecule has 1 unspecified atom stereocenters. The molecule has 2 N–H and O–H groups in total. The fourth-order valence-corrected chi connectivity index (χ4v) is 4.83. The Morgan fingerprint density at radius 1 is 0.946 bits per heavy atom. The van der Waals surface area contributed by atoms with E-state index in [0.29, 0.717) is 26.3 Å². The van der Waals surface area contributed by atoms with Crippen LogP contribution in [0, 0.1) is 6.92 Å². The Bertz CT molecular complexity index is 1540. The largest absolute Gasteiger partial charge is 0.573 e. The van der Waals surface area contributed by atoms with Gasteiger partial charge in [0.1, 0.15) is 22.1 Å². The molecule has 37 heavy (non-hydrogen) atoms. The third kappa shape index (κ3) is 5.80. The molecule has 196 valence electrons. The van der Waals surface area contributed by atoms with Crippen LogP contribution in [0.4, 0.5) is 26.3 Å². The number of ether oxygens (including phenoxy) is 2. The van der Waals surface area contributed by atoms with Crippen LogP contribution < -0.4 is 20.7 Å². The zero-order valence-electron chi connectivity index (χ0n) is 18.6. The van der Waals surface area contributed by atoms with Crippen LogP contribution in [-0.2, 0) is 6.54 Å². The number of fused-ring (bicyclic) bond motifs is 1. The number of rotatable bonds is 6. The smallest absolute Gasteiger partial charge is 0.457 e. The van der Waals surface area contributed by atoms with Crippen LogP contribution in [0.15, 0.2) is 58.1 Å². The highest BCUT2D eigenvalue weighted by molar-refractivity contribution is 7.22. The molecule has 4 aromatic rings. The van der Waals surface area contributed by atoms with Crippen molar-refractivity contribution in [1.29, 1.82) is 0 Å². The summed E-state index contributed by atoms with van der Waals surface area (Å²) in [5.41, 5.74) is -0.861. The molecule has 2 aromatic heterocycles. The zero-order chi connectivity index (χ0) is 27.1. The number of aryl methyl sites for hydroxylation is 1. The van der Waals surface area contributed by atoms with Crippen molar-refractivity contribution in [1.82, 2.24) is 9.55 Å². The maximum absolute atomic E-state index is 12.9. The van der Waals surface area contributed by atoms with Crippen molar-refractivity contribution in [2.75, 3.05) is 0 Å². The first-order chi connectivity index (χ1) is 17.2. The summed E-state index contributed by atoms with van der Waals surface area (Å²) < 4.78 is 85.6. The summed E-state index contributed by atoms with van der Waals surface area (Å²) in [6, 6.07) is 11.0. The van der Waals surface area contributed by atoms with Crippen molar-refractivity contribution in [3.8, 4) is 27.7 Å². The van der Waals surface area contributed by atoms with Gasteiger partial charge >= 0.3 is 18.2 Å². The zero-order valence-corrected chi connectivity index (χ0v) is 19.4. The lowest BCUT2D eigenvalue weighted by molar-refractivity contribution is -0.274. The standard InChI is InChI=1S/C23H16F6N2O5S/c1-11-17-19(33)30-21(34)31(10-16(32)22(24,25)26)20(17)37-18(11)12-2-4-13(5-3-12)35-14-6-8-15(9-7-14)36-23(27,28)29/h2-9,16,32H,10H2,1H3,(H,30,33,34). The first-order valence-corrected chi connectivity index (χ1v) is 11.2. The first kappa shape index (κ1) is 26.3. The molecule has 2 aromatic carbocycles. The third-order valence-electron chi connectivity index (χ3n) is 5.21. The van der Waals surface area contributed by atoms with Gasteiger partial charge in [0.15, 0.2) is 6.10 Å². The Kier molecular flexibility index (Phi) is 6.81. The predicted molar refractivity (Wildman–Crippen MR) is 122 cm³/mol. The second-order valence-corrected chi connectivity index (χ2v) is 8.81. The van der Waals surface area contributed by atoms with Crippen LogP contribution in [0.2, 0.25) is 0 Å². The van der Waals surface area contributed by atoms with Crippen molar-refractivity contribution >= 4 is 21.6 Å². The number of nitrogens with zero attached hydrogens (tertiary/aromatic N) is 1. The summed E-state index contributed by atoms with van der Waals surface area (Å²) in [7, 11) is 0. The minimum atomic E-state index is -4.96. The SMILES string of the molecule is Cc1c(-c2ccc(Oc3ccc(OC(F)(F)F)cc3)cc2)sc2c1c(=O)[nH]c(=O)n2CC(O)C(F)(F)F. The van der Waals surface area contributed by atoms with E-state index in [1.165, 1.54) is 12.1 Å². The second-order valence-electron chi connectivity index (χ2n) is 7.81. The van der Waals surface area contributed by atoms with Gasteiger partial charge in [-0.15, -0.1) is 24.5 Å². The molecule has 0 spiro atoms. The number of H-pyrrole nitrogens is 1. The molecule has 0 aliphatic heterocycles. The fourth-order valence-electron chi connectivity index (χ4n) is 3.51. The molecule has 14 heteroatoms. The molecular formula is C23H16F6N2O5S. The Hall–Kier alpha value is -3.78. The van der Waals surface area contributed by atoms with E-state index in [1.54, 1.807) is 31.2 Å². The van der Waals surface area contributed by atoms with Crippen LogP contribution in [0.5, 0.6) is 17.2 Å². The van der Waals surface area contributed by atoms with E-state index in [4.69, 9.17) is 4.74 Å². The van der Waals surface area contributed by atoms with Crippen molar-refractivity contribution in [3.05, 3.63) is 74.9 Å². The number of benzene rings is 2. The maximum atomic E-state index is 12.9. The number of alkyl halides is 6. The number of aromatic amines is 1. The summed E-state index contributed by atoms with van der Waals surface area (Å²) in [6.07, 6.45) is -12.6. The van der Waals surface area contributed by atoms with Crippen molar-refractivity contribution in [2.45, 2.75) is 32.1 Å². The van der Waals surface area contributed by atoms with E-state index in [-0.39, 0.29) is 16.0 Å². The molecule has 0 radical (unpaired) electrons. The van der Waals surface area contributed by atoms with Crippen LogP contribution in [0.3, 0.4) is 0 Å². The monoisotopic (exact) mass is 546 g/mol. The van der Waals surface area contributed by atoms with Gasteiger partial charge < -0.3 is 14.6 Å². The van der Waals surface area contributed by atoms with Crippen LogP contribution >= 0.6 is 11.3 Å². The molecule has 2 heterocycles. The first-order valence-electron chi connectivity index (χ1n) is 10.4. The number of aromatic nitrogens is 2. The third-order valence-corrected chi connectivity index (χ3v) is 6.57. The Morgan fingerprint density at radius 3 is 2.03 bits per heavy atom. The highest BCUT2D eigenvalue weighted by atomic mass is 32.1. The number of aliphatic hydroxyl groups is 1. The van der Waals surface area contributed by atoms with Gasteiger partial charge in [-0.3, -0.25) is 14.3 Å². The molecule has 4 rings (SSSR count). The van der Waals surface area contributed by atoms with Crippen molar-refractivity contribution < 1.29 is 40.9 Å². The molecule has 0 bridgehead atoms. The van der Waals surface area contributed by atoms with Crippen LogP contribution in [-0.4, -0.2) is 33.3 Å². The fraction of sp³-hybridized carbons (Fsp3) is 0.217. The summed E-state index contributed by atoms with van der Waals surface area (Å²) in [5, 5.41) is 9.48. The summed E-state index contributed by atoms with van der Waals surface area (Å²) in [6.45, 7) is 0.488. The molecule has 0 aliphatic carbocycles. The minimum Gasteiger partial charge on any atom is -0.457 e. The number of nitrogens with one attached hydrogen (secondary N) is 1. The van der Waals surface area contributed by atoms with Crippen LogP contribution in [0.1, 0.15) is 5.56 Å². The number of hydrogen-bond acceptors (Lipinski definition) is 6. The Labute approximate surface area is 207 Å². The van der Waals surface area contributed by atoms with Gasteiger partial charge in [-0.05, 0) is 66.6 Å². The normalized spacial score (nSPS) is 13.1. The summed E-state index contributed by atoms with van der Waals surface area (Å²) >= 11 is 0.918. The van der Waals surface area contributed by atoms with Gasteiger partial charge in [0, 0.05) is 4.88 Å². The molecule has 1 atom stereocenters. The molecule has 0 aliphatic rings. The van der Waals surface area contributed by atoms with E-state index < -0.39 is 42.2 Å². The van der Waals surface area contributed by atoms with Gasteiger partial charge in [-0.25, -0.2) is 4.79 Å². The second kappa shape index (κ2) is 9.59. The van der Waals surface area contributed by atoms with Crippen molar-refractivity contribution in [2.24, 2.45) is 0 Å². The molecule has 0 saturated heterocycles. The van der Waals surface area contributed by atoms with Gasteiger partial charge in [-0.1, -0.05) is 0 Å². The summed E-state index contributed by atoms with van der Waals surface area (Å²) in [5.74, 6) is 0.154. The highest BCUT2D eigenvalue weighted by Gasteiger charge is 2.39. The van der Waals surface area contributed by atoms with E-state index in [2.05, 4.69) is 4.74 Å². The van der Waals surface area contributed by atoms with Crippen LogP contribution in [0.25, 0.3) is 20.7 Å². The quantitative estimate of drug-likeness (QED) is 0.319. The van der Waals surface area contributed by atoms with Crippen molar-refractivity contribution in [3.63, 3.8) is 0 Å². The topological polar surface area (TPSA) is 93.5 Å². The van der Waals surface area contributed by atoms with Gasteiger partial charge in [0.2, 0.25) is 0 Å². The Balaban J connectivity index is 1.62. The Morgan fingerprint density at radius 2 is 1.49 bits per heavy atom. The lowest BCUT2D eigenvalue weighted by Gasteiger charge is -2.15. The van der Waals surface area contributed by atoms with E-state index in [9.17, 15) is 41.0 Å². The molecule has 7 nitrogen and oxygen atoms in total. The average Bonchev–Trinajstić information content (AvgIpc) is 3.14. The van der Waals surface area contributed by atoms with E-state index >= 15 is 0 Å². The highest BCUT2D eigenvalue weighted by Crippen LogP contribution is 2.37. The predicted octanol–water partition coefficient (Wildman–Crippen LogP) is 5.34. The number of halogens is 6. The average molecular weight is 546 g/mol. The van der Waals surface area contributed by atoms with Gasteiger partial charge in [0.05, 0.1) is 11.9 Å². The molecule has 0 amide bonds. The lowest BCUT2D eigenvalue weighted by atomic mass is 10.1. The molecular weight excluding hydrogens is 530 g/mol. The maximum Gasteiger partial charge on any atom is 0.573 e. The molecule has 0 fully saturated rings. The van der Waals surface area contributed by atoms with Gasteiger partial charge in [-0.2, -0.15) is 13.2 Å². The number of aliphatic hydroxyl groups excluding tert-OH is 1. The lowest BCUT2D eigenvalue weighted by Crippen LogP contribution is -2.38. The minimum absolute atomic E-state index is 0.0222. The number of thiophene rings is 1. The van der Waals surface area contributed by atoms with Gasteiger partial charge in [0.25, 0.3) is 5.56 Å². The van der Waals surface area contributed by atoms with E-state index in [0.717, 1.165) is 23.5 Å².